The van der Waals surface area contributed by atoms with E-state index in [0.717, 1.165) is 11.8 Å². The molecule has 0 aliphatic heterocycles. The second-order valence-electron chi connectivity index (χ2n) is 6.12. The summed E-state index contributed by atoms with van der Waals surface area (Å²) in [6.45, 7) is 4.84. The zero-order valence-electron chi connectivity index (χ0n) is 10.1. The molecule has 0 fully saturated rings. The fourth-order valence-corrected chi connectivity index (χ4v) is 3.92. The molecule has 0 saturated heterocycles. The number of rotatable bonds is 0. The van der Waals surface area contributed by atoms with Crippen LogP contribution in [0, 0.1) is 11.8 Å². The molecule has 0 nitrogen and oxygen atoms in total. The molecule has 3 aliphatic carbocycles. The maximum atomic E-state index is 2.42. The highest BCUT2D eigenvalue weighted by Crippen LogP contribution is 2.46. The van der Waals surface area contributed by atoms with Crippen molar-refractivity contribution in [3.8, 4) is 0 Å². The summed E-state index contributed by atoms with van der Waals surface area (Å²) >= 11 is 0. The zero-order chi connectivity index (χ0) is 10.4. The number of hydrogen-bond acceptors (Lipinski definition) is 0. The van der Waals surface area contributed by atoms with E-state index >= 15 is 0 Å². The minimum Gasteiger partial charge on any atom is -0.0701 e. The molecule has 0 saturated carbocycles. The fraction of sp³-hybridized carbons (Fsp3) is 0.733. The first kappa shape index (κ1) is 9.69. The molecule has 15 heavy (non-hydrogen) atoms. The Kier molecular flexibility index (Phi) is 2.26. The molecule has 0 spiro atoms. The van der Waals surface area contributed by atoms with Crippen molar-refractivity contribution >= 4 is 0 Å². The summed E-state index contributed by atoms with van der Waals surface area (Å²) in [5.41, 5.74) is 7.34. The van der Waals surface area contributed by atoms with E-state index in [1.165, 1.54) is 44.9 Å². The lowest BCUT2D eigenvalue weighted by Gasteiger charge is -2.07. The molecule has 0 amide bonds. The Labute approximate surface area is 93.5 Å². The molecule has 0 aromatic rings. The van der Waals surface area contributed by atoms with Crippen LogP contribution in [0.5, 0.6) is 0 Å². The Balaban J connectivity index is 1.82. The molecule has 82 valence electrons. The Morgan fingerprint density at radius 3 is 1.53 bits per heavy atom. The summed E-state index contributed by atoms with van der Waals surface area (Å²) in [6, 6.07) is 0. The predicted octanol–water partition coefficient (Wildman–Crippen LogP) is 4.62. The fourth-order valence-electron chi connectivity index (χ4n) is 3.92. The van der Waals surface area contributed by atoms with Crippen LogP contribution in [0.4, 0.5) is 0 Å². The highest BCUT2D eigenvalue weighted by Gasteiger charge is 2.28. The quantitative estimate of drug-likeness (QED) is 0.503. The first-order chi connectivity index (χ1) is 7.22. The van der Waals surface area contributed by atoms with Crippen molar-refractivity contribution < 1.29 is 0 Å². The lowest BCUT2D eigenvalue weighted by molar-refractivity contribution is 0.606. The molecule has 0 aromatic heterocycles. The molecule has 3 rings (SSSR count). The molecular formula is C15H22. The van der Waals surface area contributed by atoms with Crippen LogP contribution in [-0.4, -0.2) is 0 Å². The highest BCUT2D eigenvalue weighted by molar-refractivity contribution is 5.35. The van der Waals surface area contributed by atoms with Crippen LogP contribution >= 0.6 is 0 Å². The third-order valence-electron chi connectivity index (χ3n) is 4.53. The summed E-state index contributed by atoms with van der Waals surface area (Å²) in [7, 11) is 0. The second kappa shape index (κ2) is 3.50. The maximum absolute atomic E-state index is 2.42. The molecule has 0 bridgehead atoms. The van der Waals surface area contributed by atoms with Crippen molar-refractivity contribution in [1.82, 2.24) is 0 Å². The van der Waals surface area contributed by atoms with Gasteiger partial charge < -0.3 is 0 Å². The van der Waals surface area contributed by atoms with Crippen LogP contribution in [0.2, 0.25) is 0 Å². The first-order valence-electron chi connectivity index (χ1n) is 6.62. The van der Waals surface area contributed by atoms with E-state index in [4.69, 9.17) is 0 Å². The van der Waals surface area contributed by atoms with Crippen LogP contribution in [0.15, 0.2) is 22.3 Å². The molecule has 0 radical (unpaired) electrons. The number of hydrogen-bond donors (Lipinski definition) is 0. The summed E-state index contributed by atoms with van der Waals surface area (Å²) < 4.78 is 0. The third-order valence-corrected chi connectivity index (χ3v) is 4.53. The van der Waals surface area contributed by atoms with Crippen molar-refractivity contribution in [2.75, 3.05) is 0 Å². The van der Waals surface area contributed by atoms with Gasteiger partial charge >= 0.3 is 0 Å². The van der Waals surface area contributed by atoms with E-state index in [9.17, 15) is 0 Å². The van der Waals surface area contributed by atoms with Gasteiger partial charge in [0.15, 0.2) is 0 Å². The van der Waals surface area contributed by atoms with Gasteiger partial charge in [-0.15, -0.1) is 0 Å². The summed E-state index contributed by atoms with van der Waals surface area (Å²) in [5, 5.41) is 0. The van der Waals surface area contributed by atoms with Gasteiger partial charge in [-0.1, -0.05) is 36.1 Å². The number of allylic oxidation sites excluding steroid dienone is 4. The highest BCUT2D eigenvalue weighted by atomic mass is 14.3. The standard InChI is InChI=1S/C15H22/c1-10-5-12-3-4-13-6-11(2)8-15(13)9-14(12)7-10/h10-11H,3-9H2,1-2H3. The minimum atomic E-state index is 0.941. The molecule has 3 aliphatic rings. The van der Waals surface area contributed by atoms with Gasteiger partial charge in [0.1, 0.15) is 0 Å². The first-order valence-corrected chi connectivity index (χ1v) is 6.62. The second-order valence-corrected chi connectivity index (χ2v) is 6.12. The van der Waals surface area contributed by atoms with Gasteiger partial charge in [0.25, 0.3) is 0 Å². The Morgan fingerprint density at radius 1 is 0.667 bits per heavy atom. The lowest BCUT2D eigenvalue weighted by Crippen LogP contribution is -1.90. The Bertz CT molecular complexity index is 309. The molecule has 0 aromatic carbocycles. The Morgan fingerprint density at radius 2 is 1.07 bits per heavy atom. The van der Waals surface area contributed by atoms with Gasteiger partial charge in [-0.05, 0) is 56.8 Å². The predicted molar refractivity (Wildman–Crippen MR) is 64.7 cm³/mol. The van der Waals surface area contributed by atoms with E-state index in [1.54, 1.807) is 0 Å². The average Bonchev–Trinajstić information content (AvgIpc) is 2.65. The van der Waals surface area contributed by atoms with Gasteiger partial charge in [0.05, 0.1) is 0 Å². The normalized spacial score (nSPS) is 35.6. The summed E-state index contributed by atoms with van der Waals surface area (Å²) in [4.78, 5) is 0. The van der Waals surface area contributed by atoms with E-state index in [-0.39, 0.29) is 0 Å². The van der Waals surface area contributed by atoms with Gasteiger partial charge in [0.2, 0.25) is 0 Å². The van der Waals surface area contributed by atoms with E-state index in [0.29, 0.717) is 0 Å². The van der Waals surface area contributed by atoms with Crippen molar-refractivity contribution in [3.63, 3.8) is 0 Å². The van der Waals surface area contributed by atoms with E-state index < -0.39 is 0 Å². The van der Waals surface area contributed by atoms with Crippen molar-refractivity contribution in [3.05, 3.63) is 22.3 Å². The van der Waals surface area contributed by atoms with Crippen LogP contribution < -0.4 is 0 Å². The molecule has 2 unspecified atom stereocenters. The molecule has 0 heteroatoms. The smallest absolute Gasteiger partial charge is 0.0103 e. The van der Waals surface area contributed by atoms with Crippen molar-refractivity contribution in [1.29, 1.82) is 0 Å². The topological polar surface area (TPSA) is 0 Å². The van der Waals surface area contributed by atoms with Gasteiger partial charge in [0, 0.05) is 0 Å². The summed E-state index contributed by atoms with van der Waals surface area (Å²) in [6.07, 6.45) is 9.77. The molecule has 2 atom stereocenters. The van der Waals surface area contributed by atoms with Crippen LogP contribution in [0.1, 0.15) is 58.8 Å². The minimum absolute atomic E-state index is 0.941. The van der Waals surface area contributed by atoms with E-state index in [2.05, 4.69) is 13.8 Å². The van der Waals surface area contributed by atoms with Gasteiger partial charge in [-0.2, -0.15) is 0 Å². The summed E-state index contributed by atoms with van der Waals surface area (Å²) in [5.74, 6) is 1.88. The molecule has 0 N–H and O–H groups in total. The SMILES string of the molecule is CC1CC2=C(CC3=C(CC2)CC(C)C3)C1. The van der Waals surface area contributed by atoms with Crippen LogP contribution in [0.3, 0.4) is 0 Å². The lowest BCUT2D eigenvalue weighted by atomic mass is 9.99. The van der Waals surface area contributed by atoms with Crippen LogP contribution in [0.25, 0.3) is 0 Å². The van der Waals surface area contributed by atoms with Crippen LogP contribution in [-0.2, 0) is 0 Å². The van der Waals surface area contributed by atoms with Crippen molar-refractivity contribution in [2.24, 2.45) is 11.8 Å². The zero-order valence-corrected chi connectivity index (χ0v) is 10.1. The molecular weight excluding hydrogens is 180 g/mol. The third kappa shape index (κ3) is 1.68. The average molecular weight is 202 g/mol. The maximum Gasteiger partial charge on any atom is -0.0103 e. The van der Waals surface area contributed by atoms with Gasteiger partial charge in [-0.25, -0.2) is 0 Å². The van der Waals surface area contributed by atoms with E-state index in [1.807, 2.05) is 22.3 Å². The molecule has 0 heterocycles. The van der Waals surface area contributed by atoms with Crippen molar-refractivity contribution in [2.45, 2.75) is 58.8 Å². The monoisotopic (exact) mass is 202 g/mol. The van der Waals surface area contributed by atoms with Gasteiger partial charge in [-0.3, -0.25) is 0 Å². The Hall–Kier alpha value is -0.520. The largest absolute Gasteiger partial charge is 0.0701 e.